The molecule has 2 rings (SSSR count). The molecular formula is C16H27N3. The van der Waals surface area contributed by atoms with E-state index in [2.05, 4.69) is 49.2 Å². The zero-order valence-electron chi connectivity index (χ0n) is 12.7. The molecule has 1 aliphatic carbocycles. The fourth-order valence-corrected chi connectivity index (χ4v) is 3.28. The third-order valence-corrected chi connectivity index (χ3v) is 4.61. The van der Waals surface area contributed by atoms with Crippen LogP contribution in [0, 0.1) is 12.8 Å². The molecular weight excluding hydrogens is 234 g/mol. The summed E-state index contributed by atoms with van der Waals surface area (Å²) in [6.45, 7) is 5.48. The number of aromatic nitrogens is 1. The summed E-state index contributed by atoms with van der Waals surface area (Å²) in [5.41, 5.74) is 1.50. The van der Waals surface area contributed by atoms with Gasteiger partial charge in [-0.05, 0) is 51.4 Å². The molecule has 1 heterocycles. The molecule has 106 valence electrons. The number of rotatable bonds is 4. The van der Waals surface area contributed by atoms with Gasteiger partial charge in [-0.3, -0.25) is 0 Å². The van der Waals surface area contributed by atoms with Crippen LogP contribution < -0.4 is 5.32 Å². The molecule has 1 aromatic heterocycles. The molecule has 2 atom stereocenters. The van der Waals surface area contributed by atoms with Crippen LogP contribution in [0.25, 0.3) is 0 Å². The number of hydrogen-bond donors (Lipinski definition) is 1. The van der Waals surface area contributed by atoms with E-state index in [4.69, 9.17) is 0 Å². The second kappa shape index (κ2) is 5.91. The molecule has 0 aliphatic heterocycles. The molecule has 19 heavy (non-hydrogen) atoms. The second-order valence-corrected chi connectivity index (χ2v) is 6.34. The molecule has 1 N–H and O–H groups in total. The van der Waals surface area contributed by atoms with E-state index in [-0.39, 0.29) is 5.54 Å². The van der Waals surface area contributed by atoms with Gasteiger partial charge in [0, 0.05) is 18.3 Å². The molecule has 0 spiro atoms. The van der Waals surface area contributed by atoms with Crippen molar-refractivity contribution < 1.29 is 0 Å². The molecule has 1 fully saturated rings. The van der Waals surface area contributed by atoms with Gasteiger partial charge in [-0.25, -0.2) is 4.98 Å². The first kappa shape index (κ1) is 14.3. The zero-order valence-corrected chi connectivity index (χ0v) is 12.7. The van der Waals surface area contributed by atoms with Crippen LogP contribution in [0.1, 0.15) is 38.2 Å². The van der Waals surface area contributed by atoms with Crippen molar-refractivity contribution >= 4 is 5.82 Å². The van der Waals surface area contributed by atoms with E-state index in [1.165, 1.54) is 31.2 Å². The minimum atomic E-state index is 0.279. The van der Waals surface area contributed by atoms with Gasteiger partial charge in [-0.2, -0.15) is 0 Å². The highest BCUT2D eigenvalue weighted by Gasteiger charge is 2.36. The Morgan fingerprint density at radius 2 is 2.26 bits per heavy atom. The SMILES string of the molecule is Cc1cccnc1NCC1(N(C)C)CCCC(C)C1. The second-order valence-electron chi connectivity index (χ2n) is 6.34. The summed E-state index contributed by atoms with van der Waals surface area (Å²) in [7, 11) is 4.43. The Hall–Kier alpha value is -1.09. The average Bonchev–Trinajstić information content (AvgIpc) is 2.38. The Labute approximate surface area is 117 Å². The maximum atomic E-state index is 4.44. The van der Waals surface area contributed by atoms with E-state index in [1.807, 2.05) is 12.3 Å². The number of likely N-dealkylation sites (N-methyl/N-ethyl adjacent to an activating group) is 1. The van der Waals surface area contributed by atoms with Crippen LogP contribution >= 0.6 is 0 Å². The van der Waals surface area contributed by atoms with Crippen LogP contribution in [0.3, 0.4) is 0 Å². The lowest BCUT2D eigenvalue weighted by Crippen LogP contribution is -2.52. The van der Waals surface area contributed by atoms with Crippen molar-refractivity contribution in [3.05, 3.63) is 23.9 Å². The van der Waals surface area contributed by atoms with Gasteiger partial charge in [0.25, 0.3) is 0 Å². The molecule has 0 bridgehead atoms. The Kier molecular flexibility index (Phi) is 4.46. The zero-order chi connectivity index (χ0) is 13.9. The summed E-state index contributed by atoms with van der Waals surface area (Å²) >= 11 is 0. The fourth-order valence-electron chi connectivity index (χ4n) is 3.28. The normalized spacial score (nSPS) is 27.5. The van der Waals surface area contributed by atoms with Gasteiger partial charge < -0.3 is 10.2 Å². The van der Waals surface area contributed by atoms with Gasteiger partial charge in [0.2, 0.25) is 0 Å². The summed E-state index contributed by atoms with van der Waals surface area (Å²) in [5, 5.41) is 3.57. The van der Waals surface area contributed by atoms with Crippen molar-refractivity contribution in [1.82, 2.24) is 9.88 Å². The van der Waals surface area contributed by atoms with Crippen LogP contribution in [0.15, 0.2) is 18.3 Å². The summed E-state index contributed by atoms with van der Waals surface area (Å²) in [6.07, 6.45) is 7.13. The van der Waals surface area contributed by atoms with Crippen LogP contribution in [-0.4, -0.2) is 36.1 Å². The van der Waals surface area contributed by atoms with Gasteiger partial charge >= 0.3 is 0 Å². The molecule has 1 aliphatic rings. The summed E-state index contributed by atoms with van der Waals surface area (Å²) in [4.78, 5) is 6.85. The van der Waals surface area contributed by atoms with Crippen LogP contribution in [0.5, 0.6) is 0 Å². The standard InChI is InChI=1S/C16H27N3/c1-13-7-5-9-16(11-13,19(3)4)12-18-15-14(2)8-6-10-17-15/h6,8,10,13H,5,7,9,11-12H2,1-4H3,(H,17,18). The average molecular weight is 261 g/mol. The Balaban J connectivity index is 2.07. The van der Waals surface area contributed by atoms with Gasteiger partial charge in [0.05, 0.1) is 0 Å². The largest absolute Gasteiger partial charge is 0.368 e. The number of pyridine rings is 1. The maximum Gasteiger partial charge on any atom is 0.128 e. The first-order chi connectivity index (χ1) is 9.03. The van der Waals surface area contributed by atoms with E-state index < -0.39 is 0 Å². The lowest BCUT2D eigenvalue weighted by Gasteiger charge is -2.45. The Morgan fingerprint density at radius 3 is 2.89 bits per heavy atom. The van der Waals surface area contributed by atoms with Gasteiger partial charge in [-0.15, -0.1) is 0 Å². The summed E-state index contributed by atoms with van der Waals surface area (Å²) < 4.78 is 0. The summed E-state index contributed by atoms with van der Waals surface area (Å²) in [5.74, 6) is 1.85. The van der Waals surface area contributed by atoms with E-state index in [0.717, 1.165) is 18.3 Å². The minimum absolute atomic E-state index is 0.279. The third kappa shape index (κ3) is 3.27. The molecule has 3 nitrogen and oxygen atoms in total. The topological polar surface area (TPSA) is 28.2 Å². The highest BCUT2D eigenvalue weighted by molar-refractivity contribution is 5.43. The first-order valence-electron chi connectivity index (χ1n) is 7.36. The van der Waals surface area contributed by atoms with Crippen LogP contribution in [-0.2, 0) is 0 Å². The number of nitrogens with one attached hydrogen (secondary N) is 1. The molecule has 0 aromatic carbocycles. The predicted octanol–water partition coefficient (Wildman–Crippen LogP) is 3.31. The quantitative estimate of drug-likeness (QED) is 0.901. The molecule has 0 amide bonds. The predicted molar refractivity (Wildman–Crippen MR) is 81.5 cm³/mol. The lowest BCUT2D eigenvalue weighted by atomic mass is 9.75. The fraction of sp³-hybridized carbons (Fsp3) is 0.688. The molecule has 2 unspecified atom stereocenters. The van der Waals surface area contributed by atoms with Crippen molar-refractivity contribution in [2.24, 2.45) is 5.92 Å². The molecule has 1 saturated carbocycles. The van der Waals surface area contributed by atoms with Gasteiger partial charge in [-0.1, -0.05) is 25.8 Å². The highest BCUT2D eigenvalue weighted by atomic mass is 15.2. The van der Waals surface area contributed by atoms with Crippen molar-refractivity contribution in [1.29, 1.82) is 0 Å². The van der Waals surface area contributed by atoms with Crippen molar-refractivity contribution in [2.75, 3.05) is 26.0 Å². The maximum absolute atomic E-state index is 4.44. The highest BCUT2D eigenvalue weighted by Crippen LogP contribution is 2.35. The minimum Gasteiger partial charge on any atom is -0.368 e. The molecule has 0 saturated heterocycles. The first-order valence-corrected chi connectivity index (χ1v) is 7.36. The van der Waals surface area contributed by atoms with Gasteiger partial charge in [0.1, 0.15) is 5.82 Å². The Bertz CT molecular complexity index is 416. The van der Waals surface area contributed by atoms with E-state index in [1.54, 1.807) is 0 Å². The van der Waals surface area contributed by atoms with Gasteiger partial charge in [0.15, 0.2) is 0 Å². The van der Waals surface area contributed by atoms with E-state index in [9.17, 15) is 0 Å². The monoisotopic (exact) mass is 261 g/mol. The number of aryl methyl sites for hydroxylation is 1. The van der Waals surface area contributed by atoms with Crippen LogP contribution in [0.4, 0.5) is 5.82 Å². The lowest BCUT2D eigenvalue weighted by molar-refractivity contribution is 0.0881. The van der Waals surface area contributed by atoms with Crippen molar-refractivity contribution in [3.63, 3.8) is 0 Å². The number of hydrogen-bond acceptors (Lipinski definition) is 3. The van der Waals surface area contributed by atoms with Crippen molar-refractivity contribution in [3.8, 4) is 0 Å². The Morgan fingerprint density at radius 1 is 1.47 bits per heavy atom. The molecule has 1 aromatic rings. The van der Waals surface area contributed by atoms with E-state index in [0.29, 0.717) is 0 Å². The molecule has 3 heteroatoms. The smallest absolute Gasteiger partial charge is 0.128 e. The van der Waals surface area contributed by atoms with Crippen molar-refractivity contribution in [2.45, 2.75) is 45.1 Å². The number of anilines is 1. The number of nitrogens with zero attached hydrogens (tertiary/aromatic N) is 2. The summed E-state index contributed by atoms with van der Waals surface area (Å²) in [6, 6.07) is 4.10. The van der Waals surface area contributed by atoms with E-state index >= 15 is 0 Å². The van der Waals surface area contributed by atoms with Crippen LogP contribution in [0.2, 0.25) is 0 Å². The molecule has 0 radical (unpaired) electrons. The third-order valence-electron chi connectivity index (χ3n) is 4.61.